The van der Waals surface area contributed by atoms with E-state index in [9.17, 15) is 0 Å². The van der Waals surface area contributed by atoms with Crippen LogP contribution in [0.4, 0.5) is 0 Å². The van der Waals surface area contributed by atoms with Gasteiger partial charge in [0.05, 0.1) is 18.2 Å². The molecule has 1 rings (SSSR count). The Morgan fingerprint density at radius 2 is 2.00 bits per heavy atom. The monoisotopic (exact) mass is 382 g/mol. The first kappa shape index (κ1) is 16.1. The molecule has 0 amide bonds. The van der Waals surface area contributed by atoms with E-state index >= 15 is 0 Å². The molecule has 2 nitrogen and oxygen atoms in total. The summed E-state index contributed by atoms with van der Waals surface area (Å²) in [6.45, 7) is 4.48. The number of halogens is 2. The molecule has 0 radical (unpaired) electrons. The molecule has 1 unspecified atom stereocenters. The molecule has 1 atom stereocenters. The van der Waals surface area contributed by atoms with Crippen LogP contribution in [0.3, 0.4) is 0 Å². The van der Waals surface area contributed by atoms with Crippen molar-refractivity contribution in [3.63, 3.8) is 0 Å². The molecule has 0 fully saturated rings. The number of benzene rings is 1. The summed E-state index contributed by atoms with van der Waals surface area (Å²) in [5.41, 5.74) is 1.11. The summed E-state index contributed by atoms with van der Waals surface area (Å²) >= 11 is 8.10. The molecule has 0 bridgehead atoms. The van der Waals surface area contributed by atoms with E-state index in [0.717, 1.165) is 24.3 Å². The summed E-state index contributed by atoms with van der Waals surface area (Å²) in [6.07, 6.45) is 3.51. The van der Waals surface area contributed by atoms with E-state index in [2.05, 4.69) is 13.8 Å². The van der Waals surface area contributed by atoms with Crippen molar-refractivity contribution in [3.05, 3.63) is 28.8 Å². The maximum atomic E-state index is 6.13. The molecule has 0 saturated carbocycles. The van der Waals surface area contributed by atoms with Crippen LogP contribution in [0, 0.1) is 5.92 Å². The average molecular weight is 383 g/mol. The smallest absolute Gasteiger partial charge is 0.137 e. The van der Waals surface area contributed by atoms with E-state index in [0.29, 0.717) is 10.8 Å². The molecule has 4 heteroatoms. The molecular weight excluding hydrogens is 363 g/mol. The fraction of sp³-hybridized carbons (Fsp3) is 0.571. The average Bonchev–Trinajstić information content (AvgIpc) is 2.34. The second-order valence-electron chi connectivity index (χ2n) is 4.80. The molecule has 0 aliphatic heterocycles. The van der Waals surface area contributed by atoms with Gasteiger partial charge in [-0.05, 0) is 30.0 Å². The van der Waals surface area contributed by atoms with E-state index in [4.69, 9.17) is 19.4 Å². The molecule has 1 aromatic rings. The van der Waals surface area contributed by atoms with Gasteiger partial charge in [0.15, 0.2) is 0 Å². The van der Waals surface area contributed by atoms with Gasteiger partial charge in [0.2, 0.25) is 0 Å². The largest absolute Gasteiger partial charge is 0.495 e. The molecule has 18 heavy (non-hydrogen) atoms. The first-order chi connectivity index (χ1) is 8.58. The van der Waals surface area contributed by atoms with E-state index in [1.807, 2.05) is 41.2 Å². The van der Waals surface area contributed by atoms with Crippen LogP contribution in [0.25, 0.3) is 0 Å². The van der Waals surface area contributed by atoms with Gasteiger partial charge in [0.25, 0.3) is 0 Å². The van der Waals surface area contributed by atoms with Crippen molar-refractivity contribution in [2.75, 3.05) is 7.11 Å². The zero-order valence-electron chi connectivity index (χ0n) is 11.1. The Morgan fingerprint density at radius 1 is 1.28 bits per heavy atom. The molecular formula is C14H20ClIO2. The molecule has 0 aromatic heterocycles. The lowest BCUT2D eigenvalue weighted by Gasteiger charge is -2.16. The van der Waals surface area contributed by atoms with Crippen LogP contribution in [0.5, 0.6) is 5.75 Å². The highest BCUT2D eigenvalue weighted by molar-refractivity contribution is 14.1. The minimum Gasteiger partial charge on any atom is -0.495 e. The van der Waals surface area contributed by atoms with Gasteiger partial charge in [0.1, 0.15) is 28.8 Å². The molecule has 0 aliphatic rings. The summed E-state index contributed by atoms with van der Waals surface area (Å²) in [5.74, 6) is 1.44. The quantitative estimate of drug-likeness (QED) is 0.573. The maximum Gasteiger partial charge on any atom is 0.137 e. The van der Waals surface area contributed by atoms with Gasteiger partial charge in [-0.2, -0.15) is 0 Å². The summed E-state index contributed by atoms with van der Waals surface area (Å²) in [5, 5.41) is 0.636. The fourth-order valence-electron chi connectivity index (χ4n) is 1.86. The first-order valence-electron chi connectivity index (χ1n) is 6.19. The highest BCUT2D eigenvalue weighted by Crippen LogP contribution is 2.32. The SMILES string of the molecule is COc1ccc(C(CCCC(C)C)OI)cc1Cl. The summed E-state index contributed by atoms with van der Waals surface area (Å²) < 4.78 is 10.7. The van der Waals surface area contributed by atoms with Crippen molar-refractivity contribution in [2.45, 2.75) is 39.2 Å². The molecule has 0 aliphatic carbocycles. The summed E-state index contributed by atoms with van der Waals surface area (Å²) in [4.78, 5) is 0. The first-order valence-corrected chi connectivity index (χ1v) is 7.45. The Hall–Kier alpha value is -0.000000000000000167. The van der Waals surface area contributed by atoms with E-state index in [-0.39, 0.29) is 6.10 Å². The van der Waals surface area contributed by atoms with Crippen LogP contribution < -0.4 is 4.74 Å². The lowest BCUT2D eigenvalue weighted by Crippen LogP contribution is -2.00. The molecule has 0 saturated heterocycles. The van der Waals surface area contributed by atoms with Crippen LogP contribution >= 0.6 is 34.6 Å². The lowest BCUT2D eigenvalue weighted by molar-refractivity contribution is 0.263. The van der Waals surface area contributed by atoms with Crippen LogP contribution in [0.15, 0.2) is 18.2 Å². The van der Waals surface area contributed by atoms with Crippen LogP contribution in [-0.2, 0) is 3.07 Å². The van der Waals surface area contributed by atoms with Gasteiger partial charge in [-0.3, -0.25) is 0 Å². The van der Waals surface area contributed by atoms with Crippen LogP contribution in [0.2, 0.25) is 5.02 Å². The Balaban J connectivity index is 2.67. The van der Waals surface area contributed by atoms with Crippen molar-refractivity contribution < 1.29 is 7.80 Å². The van der Waals surface area contributed by atoms with E-state index in [1.54, 1.807) is 7.11 Å². The molecule has 102 valence electrons. The minimum atomic E-state index is 0.104. The third-order valence-electron chi connectivity index (χ3n) is 2.90. The van der Waals surface area contributed by atoms with E-state index in [1.165, 1.54) is 6.42 Å². The van der Waals surface area contributed by atoms with Gasteiger partial charge in [-0.1, -0.05) is 44.4 Å². The highest BCUT2D eigenvalue weighted by atomic mass is 127. The van der Waals surface area contributed by atoms with Crippen LogP contribution in [0.1, 0.15) is 44.8 Å². The topological polar surface area (TPSA) is 18.5 Å². The molecule has 0 N–H and O–H groups in total. The molecule has 0 spiro atoms. The number of hydrogen-bond donors (Lipinski definition) is 0. The zero-order chi connectivity index (χ0) is 13.5. The third-order valence-corrected chi connectivity index (χ3v) is 3.81. The van der Waals surface area contributed by atoms with Crippen molar-refractivity contribution >= 4 is 34.6 Å². The zero-order valence-corrected chi connectivity index (χ0v) is 14.0. The summed E-state index contributed by atoms with van der Waals surface area (Å²) in [6, 6.07) is 5.84. The predicted molar refractivity (Wildman–Crippen MR) is 84.5 cm³/mol. The maximum absolute atomic E-state index is 6.13. The second-order valence-corrected chi connectivity index (χ2v) is 5.71. The number of ether oxygens (including phenoxy) is 1. The van der Waals surface area contributed by atoms with Crippen molar-refractivity contribution in [1.29, 1.82) is 0 Å². The van der Waals surface area contributed by atoms with Gasteiger partial charge >= 0.3 is 0 Å². The molecule has 1 aromatic carbocycles. The predicted octanol–water partition coefficient (Wildman–Crippen LogP) is 5.58. The van der Waals surface area contributed by atoms with Crippen molar-refractivity contribution in [3.8, 4) is 5.75 Å². The van der Waals surface area contributed by atoms with Gasteiger partial charge in [-0.15, -0.1) is 0 Å². The summed E-state index contributed by atoms with van der Waals surface area (Å²) in [7, 11) is 1.62. The minimum absolute atomic E-state index is 0.104. The van der Waals surface area contributed by atoms with Gasteiger partial charge in [-0.25, -0.2) is 0 Å². The Bertz CT molecular complexity index is 369. The fourth-order valence-corrected chi connectivity index (χ4v) is 2.67. The normalized spacial score (nSPS) is 12.8. The van der Waals surface area contributed by atoms with Gasteiger partial charge in [0, 0.05) is 0 Å². The standard InChI is InChI=1S/C14H20ClIO2/c1-10(2)5-4-6-13(18-16)11-7-8-14(17-3)12(15)9-11/h7-10,13H,4-6H2,1-3H3. The Morgan fingerprint density at radius 3 is 2.50 bits per heavy atom. The Kier molecular flexibility index (Phi) is 7.34. The van der Waals surface area contributed by atoms with Crippen molar-refractivity contribution in [2.24, 2.45) is 5.92 Å². The number of rotatable bonds is 7. The van der Waals surface area contributed by atoms with Gasteiger partial charge < -0.3 is 7.80 Å². The number of methoxy groups -OCH3 is 1. The highest BCUT2D eigenvalue weighted by Gasteiger charge is 2.13. The second kappa shape index (κ2) is 8.23. The third kappa shape index (κ3) is 4.94. The van der Waals surface area contributed by atoms with Crippen LogP contribution in [-0.4, -0.2) is 7.11 Å². The lowest BCUT2D eigenvalue weighted by atomic mass is 10.00. The van der Waals surface area contributed by atoms with Crippen molar-refractivity contribution in [1.82, 2.24) is 0 Å². The van der Waals surface area contributed by atoms with E-state index < -0.39 is 0 Å². The number of hydrogen-bond acceptors (Lipinski definition) is 2. The molecule has 0 heterocycles. The Labute approximate surface area is 129 Å².